The third-order valence-electron chi connectivity index (χ3n) is 5.41. The second-order valence-electron chi connectivity index (χ2n) is 9.61. The number of carbonyl (C=O) groups excluding carboxylic acids is 2. The summed E-state index contributed by atoms with van der Waals surface area (Å²) in [4.78, 5) is 41.3. The Morgan fingerprint density at radius 3 is 1.64 bits per heavy atom. The predicted molar refractivity (Wildman–Crippen MR) is 155 cm³/mol. The van der Waals surface area contributed by atoms with Crippen LogP contribution >= 0.6 is 35.0 Å². The van der Waals surface area contributed by atoms with Gasteiger partial charge >= 0.3 is 0 Å². The molecule has 0 fully saturated rings. The molecule has 202 valence electrons. The van der Waals surface area contributed by atoms with Crippen molar-refractivity contribution in [1.29, 1.82) is 0 Å². The first kappa shape index (κ1) is 30.2. The van der Waals surface area contributed by atoms with Gasteiger partial charge in [-0.2, -0.15) is 0 Å². The van der Waals surface area contributed by atoms with Gasteiger partial charge in [0.2, 0.25) is 5.78 Å². The quantitative estimate of drug-likeness (QED) is 0.150. The molecule has 0 radical (unpaired) electrons. The number of benzene rings is 2. The van der Waals surface area contributed by atoms with Gasteiger partial charge in [0.05, 0.1) is 11.1 Å². The maximum atomic E-state index is 12.4. The molecule has 2 heterocycles. The third kappa shape index (κ3) is 9.13. The summed E-state index contributed by atoms with van der Waals surface area (Å²) in [6.07, 6.45) is 8.87. The molecule has 0 spiro atoms. The van der Waals surface area contributed by atoms with E-state index in [-0.39, 0.29) is 11.6 Å². The molecule has 0 bridgehead atoms. The van der Waals surface area contributed by atoms with E-state index in [1.165, 1.54) is 25.0 Å². The number of Topliss-reactive ketones (excluding diaryl/α,β-unsaturated/α-hetero) is 2. The smallest absolute Gasteiger partial charge is 0.208 e. The van der Waals surface area contributed by atoms with Crippen LogP contribution in [0.1, 0.15) is 48.4 Å². The van der Waals surface area contributed by atoms with Gasteiger partial charge in [0.15, 0.2) is 11.4 Å². The molecule has 0 aliphatic heterocycles. The van der Waals surface area contributed by atoms with Crippen molar-refractivity contribution in [3.8, 4) is 5.75 Å². The van der Waals surface area contributed by atoms with Gasteiger partial charge in [-0.15, -0.1) is 11.8 Å². The van der Waals surface area contributed by atoms with Crippen LogP contribution in [-0.4, -0.2) is 42.9 Å². The summed E-state index contributed by atoms with van der Waals surface area (Å²) in [5.41, 5.74) is -0.510. The Morgan fingerprint density at radius 1 is 0.718 bits per heavy atom. The van der Waals surface area contributed by atoms with Crippen molar-refractivity contribution in [3.05, 3.63) is 107 Å². The lowest BCUT2D eigenvalue weighted by atomic mass is 9.87. The highest BCUT2D eigenvalue weighted by Crippen LogP contribution is 2.31. The van der Waals surface area contributed by atoms with Crippen LogP contribution in [0.5, 0.6) is 5.75 Å². The molecule has 0 saturated carbocycles. The van der Waals surface area contributed by atoms with E-state index in [0.29, 0.717) is 32.7 Å². The van der Waals surface area contributed by atoms with Crippen LogP contribution in [0, 0.1) is 5.41 Å². The topological polar surface area (TPSA) is 94.9 Å². The second kappa shape index (κ2) is 13.6. The van der Waals surface area contributed by atoms with E-state index in [2.05, 4.69) is 19.9 Å². The molecule has 2 aromatic carbocycles. The monoisotopic (exact) mass is 582 g/mol. The number of nitrogens with zero attached hydrogens (tertiary/aromatic N) is 4. The number of aromatic nitrogens is 4. The van der Waals surface area contributed by atoms with E-state index < -0.39 is 11.0 Å². The minimum absolute atomic E-state index is 0.0552. The summed E-state index contributed by atoms with van der Waals surface area (Å²) in [5, 5.41) is 1.33. The van der Waals surface area contributed by atoms with Crippen LogP contribution < -0.4 is 4.74 Å². The van der Waals surface area contributed by atoms with Crippen LogP contribution in [0.25, 0.3) is 0 Å². The molecule has 0 aliphatic rings. The van der Waals surface area contributed by atoms with Crippen molar-refractivity contribution in [1.82, 2.24) is 19.9 Å². The molecule has 10 heteroatoms. The Kier molecular flexibility index (Phi) is 10.6. The minimum Gasteiger partial charge on any atom is -0.480 e. The number of carbonyl (C=O) groups is 2. The number of thioether (sulfide) groups is 1. The van der Waals surface area contributed by atoms with Crippen LogP contribution in [0.2, 0.25) is 10.0 Å². The van der Waals surface area contributed by atoms with Gasteiger partial charge in [-0.3, -0.25) is 9.59 Å². The Bertz CT molecular complexity index is 1370. The van der Waals surface area contributed by atoms with Gasteiger partial charge in [-0.1, -0.05) is 37.0 Å². The van der Waals surface area contributed by atoms with Gasteiger partial charge in [0.1, 0.15) is 18.4 Å². The molecule has 0 aliphatic carbocycles. The van der Waals surface area contributed by atoms with E-state index in [9.17, 15) is 9.59 Å². The highest BCUT2D eigenvalue weighted by molar-refractivity contribution is 7.99. The molecule has 0 unspecified atom stereocenters. The van der Waals surface area contributed by atoms with Crippen molar-refractivity contribution in [2.75, 3.05) is 5.75 Å². The fraction of sp³-hybridized carbons (Fsp3) is 0.241. The van der Waals surface area contributed by atoms with Gasteiger partial charge < -0.3 is 4.74 Å². The van der Waals surface area contributed by atoms with Gasteiger partial charge in [-0.25, -0.2) is 19.9 Å². The molecule has 0 atom stereocenters. The summed E-state index contributed by atoms with van der Waals surface area (Å²) in [7, 11) is 0. The summed E-state index contributed by atoms with van der Waals surface area (Å²) in [5.74, 6) is 1.14. The highest BCUT2D eigenvalue weighted by Gasteiger charge is 2.31. The maximum Gasteiger partial charge on any atom is 0.208 e. The second-order valence-corrected chi connectivity index (χ2v) is 11.5. The molecular weight excluding hydrogens is 555 g/mol. The molecular formula is C29H28Cl2N4O3S. The maximum absolute atomic E-state index is 12.4. The van der Waals surface area contributed by atoms with Gasteiger partial charge in [0, 0.05) is 50.9 Å². The SMILES string of the molecule is CC(C)(CSc1ccc(Cl)cc1)C(=O)c1cncnc1.CC(C)(Oc1ccc(Cl)cc1)C(=O)c1cncnc1. The van der Waals surface area contributed by atoms with E-state index >= 15 is 0 Å². The Balaban J connectivity index is 0.000000216. The molecule has 0 N–H and O–H groups in total. The first-order valence-electron chi connectivity index (χ1n) is 11.9. The number of hydrogen-bond acceptors (Lipinski definition) is 8. The molecule has 4 aromatic rings. The average Bonchev–Trinajstić information content (AvgIpc) is 2.94. The van der Waals surface area contributed by atoms with Gasteiger partial charge in [0.25, 0.3) is 0 Å². The summed E-state index contributed by atoms with van der Waals surface area (Å²) < 4.78 is 5.71. The molecule has 7 nitrogen and oxygen atoms in total. The molecule has 0 saturated heterocycles. The number of rotatable bonds is 9. The van der Waals surface area contributed by atoms with Crippen LogP contribution in [0.15, 0.2) is 90.9 Å². The van der Waals surface area contributed by atoms with Crippen molar-refractivity contribution < 1.29 is 14.3 Å². The molecule has 2 aromatic heterocycles. The van der Waals surface area contributed by atoms with Crippen LogP contribution in [0.4, 0.5) is 0 Å². The number of hydrogen-bond donors (Lipinski definition) is 0. The fourth-order valence-corrected chi connectivity index (χ4v) is 4.51. The Labute approximate surface area is 242 Å². The first-order chi connectivity index (χ1) is 18.5. The van der Waals surface area contributed by atoms with Crippen LogP contribution in [-0.2, 0) is 0 Å². The standard InChI is InChI=1S/C15H15ClN2OS.C14H13ClN2O2/c1-15(2,14(19)11-7-17-10-18-8-11)9-20-13-5-3-12(16)4-6-13;1-14(2,13(18)10-7-16-9-17-8-10)19-12-5-3-11(15)4-6-12/h3-8,10H,9H2,1-2H3;3-9H,1-2H3. The minimum atomic E-state index is -1.00. The molecule has 4 rings (SSSR count). The number of ketones is 2. The zero-order valence-electron chi connectivity index (χ0n) is 22.0. The van der Waals surface area contributed by atoms with Crippen molar-refractivity contribution >= 4 is 46.5 Å². The molecule has 39 heavy (non-hydrogen) atoms. The predicted octanol–water partition coefficient (Wildman–Crippen LogP) is 7.30. The van der Waals surface area contributed by atoms with Gasteiger partial charge in [-0.05, 0) is 62.4 Å². The fourth-order valence-electron chi connectivity index (χ4n) is 3.27. The zero-order chi connectivity index (χ0) is 28.5. The van der Waals surface area contributed by atoms with E-state index in [4.69, 9.17) is 27.9 Å². The Hall–Kier alpha value is -3.33. The normalized spacial score (nSPS) is 11.2. The number of halogens is 2. The zero-order valence-corrected chi connectivity index (χ0v) is 24.3. The highest BCUT2D eigenvalue weighted by atomic mass is 35.5. The van der Waals surface area contributed by atoms with Crippen molar-refractivity contribution in [3.63, 3.8) is 0 Å². The average molecular weight is 584 g/mol. The van der Waals surface area contributed by atoms with E-state index in [1.807, 2.05) is 38.1 Å². The summed E-state index contributed by atoms with van der Waals surface area (Å²) >= 11 is 13.3. The largest absolute Gasteiger partial charge is 0.480 e. The number of ether oxygens (including phenoxy) is 1. The lowest BCUT2D eigenvalue weighted by molar-refractivity contribution is 0.0583. The first-order valence-corrected chi connectivity index (χ1v) is 13.6. The lowest BCUT2D eigenvalue weighted by Crippen LogP contribution is -2.38. The third-order valence-corrected chi connectivity index (χ3v) is 7.38. The van der Waals surface area contributed by atoms with Crippen molar-refractivity contribution in [2.24, 2.45) is 5.41 Å². The van der Waals surface area contributed by atoms with E-state index in [1.54, 1.807) is 62.3 Å². The summed E-state index contributed by atoms with van der Waals surface area (Å²) in [6, 6.07) is 14.5. The molecule has 0 amide bonds. The Morgan fingerprint density at radius 2 is 1.15 bits per heavy atom. The lowest BCUT2D eigenvalue weighted by Gasteiger charge is -2.24. The van der Waals surface area contributed by atoms with Crippen LogP contribution in [0.3, 0.4) is 0 Å². The summed E-state index contributed by atoms with van der Waals surface area (Å²) in [6.45, 7) is 7.28. The van der Waals surface area contributed by atoms with E-state index in [0.717, 1.165) is 4.90 Å². The van der Waals surface area contributed by atoms with Crippen molar-refractivity contribution in [2.45, 2.75) is 38.2 Å².